The fourth-order valence-corrected chi connectivity index (χ4v) is 2.47. The molecule has 1 aromatic heterocycles. The van der Waals surface area contributed by atoms with Crippen molar-refractivity contribution in [2.75, 3.05) is 7.05 Å². The molecular weight excluding hydrogens is 362 g/mol. The van der Waals surface area contributed by atoms with Crippen LogP contribution in [0.2, 0.25) is 0 Å². The zero-order chi connectivity index (χ0) is 19.8. The number of pyridine rings is 1. The molecule has 0 aliphatic heterocycles. The van der Waals surface area contributed by atoms with E-state index in [0.29, 0.717) is 24.8 Å². The molecule has 3 aromatic rings. The summed E-state index contributed by atoms with van der Waals surface area (Å²) >= 11 is 0. The van der Waals surface area contributed by atoms with Crippen molar-refractivity contribution in [1.29, 1.82) is 0 Å². The van der Waals surface area contributed by atoms with Crippen LogP contribution < -0.4 is 15.4 Å². The fourth-order valence-electron chi connectivity index (χ4n) is 2.47. The Hall–Kier alpha value is -3.48. The van der Waals surface area contributed by atoms with E-state index in [0.717, 1.165) is 11.1 Å². The van der Waals surface area contributed by atoms with E-state index in [9.17, 15) is 8.78 Å². The first-order valence-corrected chi connectivity index (χ1v) is 8.69. The predicted molar refractivity (Wildman–Crippen MR) is 104 cm³/mol. The number of aliphatic imine (C=N–C) groups is 1. The molecule has 0 saturated carbocycles. The van der Waals surface area contributed by atoms with Crippen LogP contribution in [-0.4, -0.2) is 18.0 Å². The molecule has 1 heterocycles. The highest BCUT2D eigenvalue weighted by Gasteiger charge is 2.07. The lowest BCUT2D eigenvalue weighted by Crippen LogP contribution is -2.36. The first-order valence-electron chi connectivity index (χ1n) is 8.69. The maximum atomic E-state index is 14.3. The molecule has 0 spiro atoms. The van der Waals surface area contributed by atoms with Gasteiger partial charge in [0, 0.05) is 26.3 Å². The van der Waals surface area contributed by atoms with Gasteiger partial charge in [0.25, 0.3) is 0 Å². The number of aromatic nitrogens is 1. The van der Waals surface area contributed by atoms with Gasteiger partial charge in [0.1, 0.15) is 11.6 Å². The monoisotopic (exact) mass is 382 g/mol. The third-order valence-corrected chi connectivity index (χ3v) is 3.92. The maximum absolute atomic E-state index is 14.3. The average Bonchev–Trinajstić information content (AvgIpc) is 2.72. The van der Waals surface area contributed by atoms with Crippen molar-refractivity contribution in [3.05, 3.63) is 89.8 Å². The summed E-state index contributed by atoms with van der Waals surface area (Å²) in [5.41, 5.74) is 1.66. The number of benzene rings is 2. The van der Waals surface area contributed by atoms with Crippen LogP contribution in [0.1, 0.15) is 11.1 Å². The molecule has 0 aliphatic rings. The lowest BCUT2D eigenvalue weighted by molar-refractivity contribution is 0.440. The molecule has 0 unspecified atom stereocenters. The van der Waals surface area contributed by atoms with E-state index in [1.165, 1.54) is 24.4 Å². The lowest BCUT2D eigenvalue weighted by atomic mass is 10.2. The van der Waals surface area contributed by atoms with Crippen LogP contribution in [-0.2, 0) is 13.1 Å². The summed E-state index contributed by atoms with van der Waals surface area (Å²) < 4.78 is 32.7. The first-order chi connectivity index (χ1) is 13.6. The third-order valence-electron chi connectivity index (χ3n) is 3.92. The Kier molecular flexibility index (Phi) is 6.51. The van der Waals surface area contributed by atoms with Gasteiger partial charge in [0.05, 0.1) is 6.20 Å². The minimum absolute atomic E-state index is 0.135. The van der Waals surface area contributed by atoms with Gasteiger partial charge in [0.2, 0.25) is 0 Å². The lowest BCUT2D eigenvalue weighted by Gasteiger charge is -2.13. The zero-order valence-electron chi connectivity index (χ0n) is 15.3. The number of nitrogens with zero attached hydrogens (tertiary/aromatic N) is 2. The van der Waals surface area contributed by atoms with E-state index in [2.05, 4.69) is 20.6 Å². The molecule has 3 rings (SSSR count). The first kappa shape index (κ1) is 19.3. The van der Waals surface area contributed by atoms with E-state index in [1.807, 2.05) is 0 Å². The smallest absolute Gasteiger partial charge is 0.191 e. The number of ether oxygens (including phenoxy) is 1. The number of hydrogen-bond acceptors (Lipinski definition) is 3. The van der Waals surface area contributed by atoms with Crippen molar-refractivity contribution >= 4 is 5.96 Å². The third kappa shape index (κ3) is 5.51. The summed E-state index contributed by atoms with van der Waals surface area (Å²) in [5.74, 6) is 0.426. The van der Waals surface area contributed by atoms with Crippen molar-refractivity contribution in [3.63, 3.8) is 0 Å². The molecule has 0 fully saturated rings. The normalized spacial score (nSPS) is 11.2. The molecule has 7 heteroatoms. The highest BCUT2D eigenvalue weighted by atomic mass is 19.1. The summed E-state index contributed by atoms with van der Waals surface area (Å²) in [6.07, 6.45) is 3.14. The standard InChI is InChI=1S/C21H20F2N4O/c1-24-21(26-12-15-4-7-17(22)8-5-15)27-13-16-6-9-20(19(23)11-16)28-18-3-2-10-25-14-18/h2-11,14H,12-13H2,1H3,(H2,24,26,27). The van der Waals surface area contributed by atoms with Crippen molar-refractivity contribution in [1.82, 2.24) is 15.6 Å². The Morgan fingerprint density at radius 3 is 2.36 bits per heavy atom. The summed E-state index contributed by atoms with van der Waals surface area (Å²) in [6, 6.07) is 14.4. The number of rotatable bonds is 6. The van der Waals surface area contributed by atoms with Crippen LogP contribution >= 0.6 is 0 Å². The molecular formula is C21H20F2N4O. The fraction of sp³-hybridized carbons (Fsp3) is 0.143. The average molecular weight is 382 g/mol. The Bertz CT molecular complexity index is 931. The van der Waals surface area contributed by atoms with E-state index in [1.54, 1.807) is 49.6 Å². The van der Waals surface area contributed by atoms with Crippen molar-refractivity contribution in [2.24, 2.45) is 4.99 Å². The second-order valence-electron chi connectivity index (χ2n) is 5.96. The minimum atomic E-state index is -0.461. The molecule has 0 bridgehead atoms. The van der Waals surface area contributed by atoms with Gasteiger partial charge >= 0.3 is 0 Å². The maximum Gasteiger partial charge on any atom is 0.191 e. The Balaban J connectivity index is 1.54. The summed E-state index contributed by atoms with van der Waals surface area (Å²) in [7, 11) is 1.64. The molecule has 2 aromatic carbocycles. The van der Waals surface area contributed by atoms with Gasteiger partial charge < -0.3 is 15.4 Å². The highest BCUT2D eigenvalue weighted by Crippen LogP contribution is 2.24. The summed E-state index contributed by atoms with van der Waals surface area (Å²) in [6.45, 7) is 0.874. The van der Waals surface area contributed by atoms with E-state index in [4.69, 9.17) is 4.74 Å². The molecule has 0 aliphatic carbocycles. The molecule has 0 atom stereocenters. The van der Waals surface area contributed by atoms with Crippen LogP contribution in [0.4, 0.5) is 8.78 Å². The summed E-state index contributed by atoms with van der Waals surface area (Å²) in [4.78, 5) is 8.06. The van der Waals surface area contributed by atoms with Gasteiger partial charge in [-0.25, -0.2) is 8.78 Å². The topological polar surface area (TPSA) is 58.5 Å². The van der Waals surface area contributed by atoms with Gasteiger partial charge in [0.15, 0.2) is 17.5 Å². The largest absolute Gasteiger partial charge is 0.453 e. The molecule has 28 heavy (non-hydrogen) atoms. The Morgan fingerprint density at radius 1 is 1.00 bits per heavy atom. The molecule has 0 amide bonds. The second-order valence-corrected chi connectivity index (χ2v) is 5.96. The van der Waals surface area contributed by atoms with E-state index < -0.39 is 5.82 Å². The molecule has 0 radical (unpaired) electrons. The minimum Gasteiger partial charge on any atom is -0.453 e. The van der Waals surface area contributed by atoms with Crippen molar-refractivity contribution in [2.45, 2.75) is 13.1 Å². The van der Waals surface area contributed by atoms with Gasteiger partial charge in [-0.05, 0) is 47.5 Å². The SMILES string of the molecule is CN=C(NCc1ccc(F)cc1)NCc1ccc(Oc2cccnc2)c(F)c1. The van der Waals surface area contributed by atoms with Crippen LogP contribution in [0.5, 0.6) is 11.5 Å². The zero-order valence-corrected chi connectivity index (χ0v) is 15.3. The van der Waals surface area contributed by atoms with Crippen LogP contribution in [0.25, 0.3) is 0 Å². The highest BCUT2D eigenvalue weighted by molar-refractivity contribution is 5.79. The quantitative estimate of drug-likeness (QED) is 0.499. The van der Waals surface area contributed by atoms with Crippen LogP contribution in [0, 0.1) is 11.6 Å². The number of guanidine groups is 1. The van der Waals surface area contributed by atoms with Gasteiger partial charge in [-0.15, -0.1) is 0 Å². The number of halogens is 2. The Morgan fingerprint density at radius 2 is 1.71 bits per heavy atom. The van der Waals surface area contributed by atoms with Crippen molar-refractivity contribution < 1.29 is 13.5 Å². The van der Waals surface area contributed by atoms with Crippen LogP contribution in [0.15, 0.2) is 72.0 Å². The van der Waals surface area contributed by atoms with Gasteiger partial charge in [-0.2, -0.15) is 0 Å². The van der Waals surface area contributed by atoms with Gasteiger partial charge in [-0.1, -0.05) is 18.2 Å². The van der Waals surface area contributed by atoms with Crippen LogP contribution in [0.3, 0.4) is 0 Å². The molecule has 144 valence electrons. The Labute approximate surface area is 162 Å². The van der Waals surface area contributed by atoms with Crippen molar-refractivity contribution in [3.8, 4) is 11.5 Å². The molecule has 0 saturated heterocycles. The van der Waals surface area contributed by atoms with E-state index in [-0.39, 0.29) is 11.6 Å². The molecule has 2 N–H and O–H groups in total. The van der Waals surface area contributed by atoms with E-state index >= 15 is 0 Å². The summed E-state index contributed by atoms with van der Waals surface area (Å²) in [5, 5.41) is 6.24. The predicted octanol–water partition coefficient (Wildman–Crippen LogP) is 4.02. The number of nitrogens with one attached hydrogen (secondary N) is 2. The molecule has 5 nitrogen and oxygen atoms in total. The van der Waals surface area contributed by atoms with Gasteiger partial charge in [-0.3, -0.25) is 9.98 Å². The second kappa shape index (κ2) is 9.45. The number of hydrogen-bond donors (Lipinski definition) is 2.